The van der Waals surface area contributed by atoms with Crippen LogP contribution < -0.4 is 0 Å². The van der Waals surface area contributed by atoms with Crippen molar-refractivity contribution in [3.05, 3.63) is 26.6 Å². The van der Waals surface area contributed by atoms with Crippen LogP contribution >= 0.6 is 38.5 Å². The first kappa shape index (κ1) is 12.8. The fourth-order valence-corrected chi connectivity index (χ4v) is 2.42. The molecule has 0 fully saturated rings. The van der Waals surface area contributed by atoms with E-state index in [-0.39, 0.29) is 12.1 Å². The number of nitrogens with zero attached hydrogens (tertiary/aromatic N) is 2. The Morgan fingerprint density at radius 1 is 1.60 bits per heavy atom. The highest BCUT2D eigenvalue weighted by molar-refractivity contribution is 14.1. The normalized spacial score (nSPS) is 10.4. The molecule has 0 aliphatic heterocycles. The summed E-state index contributed by atoms with van der Waals surface area (Å²) in [6, 6.07) is 3.34. The topological polar surface area (TPSA) is 36.7 Å². The zero-order valence-corrected chi connectivity index (χ0v) is 11.2. The summed E-state index contributed by atoms with van der Waals surface area (Å²) in [5, 5.41) is 9.04. The van der Waals surface area contributed by atoms with Crippen molar-refractivity contribution in [2.75, 3.05) is 0 Å². The van der Waals surface area contributed by atoms with Crippen LogP contribution in [0.25, 0.3) is 0 Å². The van der Waals surface area contributed by atoms with E-state index in [1.54, 1.807) is 0 Å². The van der Waals surface area contributed by atoms with Gasteiger partial charge in [-0.2, -0.15) is 5.26 Å². The molecule has 0 unspecified atom stereocenters. The van der Waals surface area contributed by atoms with Crippen molar-refractivity contribution in [1.82, 2.24) is 4.98 Å². The fraction of sp³-hybridized carbons (Fsp3) is 0.333. The van der Waals surface area contributed by atoms with Crippen LogP contribution in [-0.2, 0) is 11.8 Å². The van der Waals surface area contributed by atoms with Gasteiger partial charge in [0.15, 0.2) is 0 Å². The molecule has 80 valence electrons. The number of aromatic nitrogens is 1. The molecule has 0 saturated carbocycles. The molecule has 1 aromatic rings. The summed E-state index contributed by atoms with van der Waals surface area (Å²) >= 11 is 5.09. The Labute approximate surface area is 108 Å². The van der Waals surface area contributed by atoms with Crippen LogP contribution in [0.2, 0.25) is 0 Å². The lowest BCUT2D eigenvalue weighted by Gasteiger charge is -2.08. The number of pyridine rings is 1. The maximum absolute atomic E-state index is 12.4. The molecule has 0 bridgehead atoms. The van der Waals surface area contributed by atoms with Gasteiger partial charge in [-0.25, -0.2) is 13.8 Å². The largest absolute Gasteiger partial charge is 0.280 e. The molecule has 0 saturated heterocycles. The third kappa shape index (κ3) is 3.08. The molecule has 0 aliphatic carbocycles. The lowest BCUT2D eigenvalue weighted by molar-refractivity contribution is 0.145. The number of hydrogen-bond donors (Lipinski definition) is 0. The van der Waals surface area contributed by atoms with Crippen LogP contribution in [0.15, 0.2) is 6.07 Å². The summed E-state index contributed by atoms with van der Waals surface area (Å²) in [5.41, 5.74) is 1.18. The second kappa shape index (κ2) is 5.70. The first-order chi connectivity index (χ1) is 7.10. The van der Waals surface area contributed by atoms with E-state index in [4.69, 9.17) is 5.26 Å². The van der Waals surface area contributed by atoms with Crippen molar-refractivity contribution >= 4 is 38.5 Å². The van der Waals surface area contributed by atoms with Crippen molar-refractivity contribution in [2.24, 2.45) is 0 Å². The van der Waals surface area contributed by atoms with Crippen molar-refractivity contribution in [2.45, 2.75) is 18.2 Å². The van der Waals surface area contributed by atoms with Crippen molar-refractivity contribution < 1.29 is 8.78 Å². The first-order valence-corrected chi connectivity index (χ1v) is 6.19. The molecule has 0 atom stereocenters. The molecule has 15 heavy (non-hydrogen) atoms. The van der Waals surface area contributed by atoms with E-state index in [2.05, 4.69) is 20.9 Å². The summed E-state index contributed by atoms with van der Waals surface area (Å²) in [6.07, 6.45) is -2.39. The number of halogens is 4. The SMILES string of the molecule is N#CCc1c(CBr)cc(C(F)F)nc1I. The summed E-state index contributed by atoms with van der Waals surface area (Å²) < 4.78 is 25.3. The Balaban J connectivity index is 3.25. The smallest absolute Gasteiger partial charge is 0.241 e. The maximum Gasteiger partial charge on any atom is 0.280 e. The second-order valence-electron chi connectivity index (χ2n) is 2.74. The average Bonchev–Trinajstić information content (AvgIpc) is 2.20. The zero-order valence-electron chi connectivity index (χ0n) is 7.48. The third-order valence-corrected chi connectivity index (χ3v) is 3.31. The molecule has 1 aromatic heterocycles. The molecule has 0 N–H and O–H groups in total. The summed E-state index contributed by atoms with van der Waals surface area (Å²) in [4.78, 5) is 3.76. The highest BCUT2D eigenvalue weighted by Gasteiger charge is 2.15. The van der Waals surface area contributed by atoms with E-state index < -0.39 is 6.43 Å². The molecular formula is C9H6BrF2IN2. The molecule has 0 spiro atoms. The van der Waals surface area contributed by atoms with E-state index in [1.807, 2.05) is 28.7 Å². The van der Waals surface area contributed by atoms with Gasteiger partial charge in [0, 0.05) is 10.9 Å². The number of nitriles is 1. The Hall–Kier alpha value is -0.290. The molecule has 0 amide bonds. The minimum atomic E-state index is -2.58. The van der Waals surface area contributed by atoms with Crippen molar-refractivity contribution in [1.29, 1.82) is 5.26 Å². The Morgan fingerprint density at radius 2 is 2.27 bits per heavy atom. The van der Waals surface area contributed by atoms with Gasteiger partial charge in [-0.1, -0.05) is 15.9 Å². The molecular weight excluding hydrogens is 381 g/mol. The molecule has 1 heterocycles. The summed E-state index contributed by atoms with van der Waals surface area (Å²) in [7, 11) is 0. The minimum Gasteiger partial charge on any atom is -0.241 e. The van der Waals surface area contributed by atoms with Gasteiger partial charge in [0.05, 0.1) is 12.5 Å². The predicted octanol–water partition coefficient (Wildman–Crippen LogP) is 3.58. The lowest BCUT2D eigenvalue weighted by atomic mass is 10.1. The van der Waals surface area contributed by atoms with E-state index in [9.17, 15) is 8.78 Å². The summed E-state index contributed by atoms with van der Waals surface area (Å²) in [6.45, 7) is 0. The number of alkyl halides is 3. The predicted molar refractivity (Wildman–Crippen MR) is 63.9 cm³/mol. The van der Waals surface area contributed by atoms with Gasteiger partial charge < -0.3 is 0 Å². The van der Waals surface area contributed by atoms with Crippen molar-refractivity contribution in [3.63, 3.8) is 0 Å². The molecule has 0 radical (unpaired) electrons. The third-order valence-electron chi connectivity index (χ3n) is 1.81. The quantitative estimate of drug-likeness (QED) is 0.452. The molecule has 6 heteroatoms. The number of hydrogen-bond acceptors (Lipinski definition) is 2. The van der Waals surface area contributed by atoms with E-state index in [1.165, 1.54) is 6.07 Å². The van der Waals surface area contributed by atoms with E-state index in [0.29, 0.717) is 14.6 Å². The molecule has 1 rings (SSSR count). The van der Waals surface area contributed by atoms with Crippen LogP contribution in [-0.4, -0.2) is 4.98 Å². The van der Waals surface area contributed by atoms with Crippen LogP contribution in [0.5, 0.6) is 0 Å². The molecule has 2 nitrogen and oxygen atoms in total. The van der Waals surface area contributed by atoms with E-state index >= 15 is 0 Å². The van der Waals surface area contributed by atoms with Gasteiger partial charge in [-0.05, 0) is 34.2 Å². The minimum absolute atomic E-state index is 0.190. The van der Waals surface area contributed by atoms with E-state index in [0.717, 1.165) is 5.56 Å². The monoisotopic (exact) mass is 386 g/mol. The van der Waals surface area contributed by atoms with Crippen LogP contribution in [0.4, 0.5) is 8.78 Å². The standard InChI is InChI=1S/C9H6BrF2IN2/c10-4-5-3-7(8(11)12)15-9(13)6(5)1-2-14/h3,8H,1,4H2. The number of rotatable bonds is 3. The van der Waals surface area contributed by atoms with Gasteiger partial charge >= 0.3 is 0 Å². The Kier molecular flexibility index (Phi) is 4.86. The van der Waals surface area contributed by atoms with Crippen LogP contribution in [0.1, 0.15) is 23.2 Å². The van der Waals surface area contributed by atoms with Gasteiger partial charge in [0.25, 0.3) is 6.43 Å². The second-order valence-corrected chi connectivity index (χ2v) is 4.33. The molecule has 0 aromatic carbocycles. The Bertz CT molecular complexity index is 404. The van der Waals surface area contributed by atoms with Crippen molar-refractivity contribution in [3.8, 4) is 6.07 Å². The highest BCUT2D eigenvalue weighted by atomic mass is 127. The highest BCUT2D eigenvalue weighted by Crippen LogP contribution is 2.24. The fourth-order valence-electron chi connectivity index (χ4n) is 1.11. The van der Waals surface area contributed by atoms with Crippen LogP contribution in [0.3, 0.4) is 0 Å². The first-order valence-electron chi connectivity index (χ1n) is 3.99. The van der Waals surface area contributed by atoms with Gasteiger partial charge in [0.2, 0.25) is 0 Å². The van der Waals surface area contributed by atoms with Crippen LogP contribution in [0, 0.1) is 15.0 Å². The van der Waals surface area contributed by atoms with Gasteiger partial charge in [-0.3, -0.25) is 0 Å². The zero-order chi connectivity index (χ0) is 11.4. The Morgan fingerprint density at radius 3 is 2.73 bits per heavy atom. The van der Waals surface area contributed by atoms with Gasteiger partial charge in [-0.15, -0.1) is 0 Å². The maximum atomic E-state index is 12.4. The average molecular weight is 387 g/mol. The molecule has 0 aliphatic rings. The lowest BCUT2D eigenvalue weighted by Crippen LogP contribution is -2.02. The van der Waals surface area contributed by atoms with Gasteiger partial charge in [0.1, 0.15) is 9.39 Å². The summed E-state index contributed by atoms with van der Waals surface area (Å²) in [5.74, 6) is 0.